The van der Waals surface area contributed by atoms with E-state index in [1.54, 1.807) is 11.8 Å². The van der Waals surface area contributed by atoms with Crippen LogP contribution in [0.5, 0.6) is 0 Å². The molecule has 190 valence electrons. The van der Waals surface area contributed by atoms with E-state index in [1.165, 1.54) is 43.2 Å². The fraction of sp³-hybridized carbons (Fsp3) is 0.484. The van der Waals surface area contributed by atoms with Gasteiger partial charge < -0.3 is 10.2 Å². The molecular weight excluding hydrogens is 464 g/mol. The van der Waals surface area contributed by atoms with E-state index in [9.17, 15) is 9.59 Å². The van der Waals surface area contributed by atoms with Gasteiger partial charge in [0, 0.05) is 29.4 Å². The van der Waals surface area contributed by atoms with Crippen LogP contribution in [0, 0.1) is 12.8 Å². The first-order valence-corrected chi connectivity index (χ1v) is 14.5. The number of amides is 2. The van der Waals surface area contributed by atoms with E-state index in [4.69, 9.17) is 0 Å². The molecule has 4 atom stereocenters. The van der Waals surface area contributed by atoms with E-state index in [0.29, 0.717) is 29.3 Å². The van der Waals surface area contributed by atoms with Gasteiger partial charge in [-0.3, -0.25) is 9.59 Å². The van der Waals surface area contributed by atoms with Gasteiger partial charge >= 0.3 is 0 Å². The van der Waals surface area contributed by atoms with Crippen LogP contribution in [0.4, 0.5) is 0 Å². The molecule has 0 radical (unpaired) electrons. The quantitative estimate of drug-likeness (QED) is 0.461. The molecule has 2 aromatic carbocycles. The van der Waals surface area contributed by atoms with E-state index < -0.39 is 0 Å². The number of rotatable bonds is 5. The molecule has 4 nitrogen and oxygen atoms in total. The van der Waals surface area contributed by atoms with Gasteiger partial charge in [0.2, 0.25) is 0 Å². The number of hydrogen-bond acceptors (Lipinski definition) is 3. The van der Waals surface area contributed by atoms with Crippen LogP contribution in [0.15, 0.2) is 53.4 Å². The van der Waals surface area contributed by atoms with Gasteiger partial charge in [-0.15, -0.1) is 11.8 Å². The summed E-state index contributed by atoms with van der Waals surface area (Å²) in [4.78, 5) is 29.4. The number of aryl methyl sites for hydroxylation is 1. The molecule has 5 rings (SSSR count). The summed E-state index contributed by atoms with van der Waals surface area (Å²) in [5, 5.41) is 3.69. The van der Waals surface area contributed by atoms with Crippen LogP contribution in [0.3, 0.4) is 0 Å². The van der Waals surface area contributed by atoms with Gasteiger partial charge in [0.1, 0.15) is 0 Å². The zero-order valence-electron chi connectivity index (χ0n) is 21.5. The van der Waals surface area contributed by atoms with Crippen molar-refractivity contribution >= 4 is 29.7 Å². The van der Waals surface area contributed by atoms with Crippen molar-refractivity contribution in [2.45, 2.75) is 89.1 Å². The number of benzene rings is 2. The number of nitrogens with zero attached hydrogens (tertiary/aromatic N) is 1. The van der Waals surface area contributed by atoms with Crippen molar-refractivity contribution in [2.24, 2.45) is 5.92 Å². The van der Waals surface area contributed by atoms with Gasteiger partial charge in [0.15, 0.2) is 0 Å². The van der Waals surface area contributed by atoms with Crippen molar-refractivity contribution in [1.82, 2.24) is 10.2 Å². The SMILES string of the molecule is Cc1ccc(CN2C(=O)/C(=C\c3ccc(C(=O)NC4CCCCC4C)cc3)SC3CCCCC32)cc1. The Labute approximate surface area is 219 Å². The molecule has 2 aromatic rings. The average Bonchev–Trinajstić information content (AvgIpc) is 2.89. The Morgan fingerprint density at radius 1 is 0.972 bits per heavy atom. The molecule has 2 saturated carbocycles. The van der Waals surface area contributed by atoms with Crippen molar-refractivity contribution in [3.05, 3.63) is 75.7 Å². The lowest BCUT2D eigenvalue weighted by atomic mass is 9.86. The smallest absolute Gasteiger partial charge is 0.260 e. The molecule has 36 heavy (non-hydrogen) atoms. The van der Waals surface area contributed by atoms with Gasteiger partial charge in [-0.25, -0.2) is 0 Å². The minimum absolute atomic E-state index is 0.00499. The monoisotopic (exact) mass is 502 g/mol. The molecule has 1 saturated heterocycles. The lowest BCUT2D eigenvalue weighted by Gasteiger charge is -2.44. The van der Waals surface area contributed by atoms with Crippen LogP contribution in [0.1, 0.15) is 85.3 Å². The van der Waals surface area contributed by atoms with E-state index in [0.717, 1.165) is 29.7 Å². The van der Waals surface area contributed by atoms with Crippen LogP contribution >= 0.6 is 11.8 Å². The second kappa shape index (κ2) is 11.2. The summed E-state index contributed by atoms with van der Waals surface area (Å²) in [6.45, 7) is 4.99. The van der Waals surface area contributed by atoms with Crippen LogP contribution < -0.4 is 5.32 Å². The highest BCUT2D eigenvalue weighted by Crippen LogP contribution is 2.42. The number of carbonyl (C=O) groups is 2. The predicted molar refractivity (Wildman–Crippen MR) is 149 cm³/mol. The Morgan fingerprint density at radius 2 is 1.67 bits per heavy atom. The van der Waals surface area contributed by atoms with Crippen molar-refractivity contribution in [3.8, 4) is 0 Å². The first-order chi connectivity index (χ1) is 17.5. The van der Waals surface area contributed by atoms with Crippen LogP contribution in [-0.2, 0) is 11.3 Å². The summed E-state index contributed by atoms with van der Waals surface area (Å²) in [5.74, 6) is 0.676. The fourth-order valence-electron chi connectivity index (χ4n) is 5.92. The van der Waals surface area contributed by atoms with Gasteiger partial charge in [-0.1, -0.05) is 74.6 Å². The van der Waals surface area contributed by atoms with Crippen LogP contribution in [0.2, 0.25) is 0 Å². The van der Waals surface area contributed by atoms with E-state index in [-0.39, 0.29) is 17.9 Å². The fourth-order valence-corrected chi connectivity index (χ4v) is 7.39. The first-order valence-electron chi connectivity index (χ1n) is 13.6. The molecule has 4 unspecified atom stereocenters. The van der Waals surface area contributed by atoms with E-state index in [1.807, 2.05) is 30.3 Å². The highest BCUT2D eigenvalue weighted by Gasteiger charge is 2.40. The Balaban J connectivity index is 1.31. The van der Waals surface area contributed by atoms with E-state index >= 15 is 0 Å². The lowest BCUT2D eigenvalue weighted by Crippen LogP contribution is -2.50. The summed E-state index contributed by atoms with van der Waals surface area (Å²) in [6.07, 6.45) is 11.4. The molecule has 3 aliphatic rings. The van der Waals surface area contributed by atoms with Gasteiger partial charge in [-0.2, -0.15) is 0 Å². The lowest BCUT2D eigenvalue weighted by molar-refractivity contribution is -0.130. The molecule has 0 spiro atoms. The maximum Gasteiger partial charge on any atom is 0.260 e. The van der Waals surface area contributed by atoms with Crippen molar-refractivity contribution in [1.29, 1.82) is 0 Å². The molecule has 2 aliphatic carbocycles. The number of fused-ring (bicyclic) bond motifs is 1. The van der Waals surface area contributed by atoms with Crippen molar-refractivity contribution in [2.75, 3.05) is 0 Å². The zero-order chi connectivity index (χ0) is 25.1. The van der Waals surface area contributed by atoms with Crippen molar-refractivity contribution in [3.63, 3.8) is 0 Å². The second-order valence-electron chi connectivity index (χ2n) is 10.9. The normalized spacial score (nSPS) is 27.6. The predicted octanol–water partition coefficient (Wildman–Crippen LogP) is 6.73. The summed E-state index contributed by atoms with van der Waals surface area (Å²) in [5.41, 5.74) is 4.08. The van der Waals surface area contributed by atoms with Crippen molar-refractivity contribution < 1.29 is 9.59 Å². The third-order valence-corrected chi connectivity index (χ3v) is 9.59. The number of thioether (sulfide) groups is 1. The molecule has 5 heteroatoms. The number of carbonyl (C=O) groups excluding carboxylic acids is 2. The van der Waals surface area contributed by atoms with E-state index in [2.05, 4.69) is 48.3 Å². The minimum atomic E-state index is 0.00499. The average molecular weight is 503 g/mol. The molecular formula is C31H38N2O2S. The maximum absolute atomic E-state index is 13.7. The summed E-state index contributed by atoms with van der Waals surface area (Å²) >= 11 is 1.76. The molecule has 1 heterocycles. The molecule has 0 aromatic heterocycles. The van der Waals surface area contributed by atoms with Gasteiger partial charge in [-0.05, 0) is 67.9 Å². The standard InChI is InChI=1S/C31H38N2O2S/c1-21-11-13-24(14-12-21)20-33-27-9-5-6-10-28(27)36-29(31(33)35)19-23-15-17-25(18-16-23)30(34)32-26-8-4-3-7-22(26)2/h11-19,22,26-28H,3-10,20H2,1-2H3,(H,32,34)/b29-19+. The Hall–Kier alpha value is -2.53. The van der Waals surface area contributed by atoms with Crippen LogP contribution in [0.25, 0.3) is 6.08 Å². The molecule has 2 amide bonds. The molecule has 0 bridgehead atoms. The summed E-state index contributed by atoms with van der Waals surface area (Å²) in [7, 11) is 0. The Morgan fingerprint density at radius 3 is 2.42 bits per heavy atom. The molecule has 1 N–H and O–H groups in total. The zero-order valence-corrected chi connectivity index (χ0v) is 22.4. The van der Waals surface area contributed by atoms with Gasteiger partial charge in [0.05, 0.1) is 4.91 Å². The van der Waals surface area contributed by atoms with Gasteiger partial charge in [0.25, 0.3) is 11.8 Å². The third-order valence-electron chi connectivity index (χ3n) is 8.19. The summed E-state index contributed by atoms with van der Waals surface area (Å²) < 4.78 is 0. The topological polar surface area (TPSA) is 49.4 Å². The largest absolute Gasteiger partial charge is 0.349 e. The van der Waals surface area contributed by atoms with Crippen LogP contribution in [-0.4, -0.2) is 34.0 Å². The molecule has 1 aliphatic heterocycles. The Bertz CT molecular complexity index is 1110. The Kier molecular flexibility index (Phi) is 7.85. The second-order valence-corrected chi connectivity index (χ2v) is 12.2. The minimum Gasteiger partial charge on any atom is -0.349 e. The number of hydrogen-bond donors (Lipinski definition) is 1. The molecule has 3 fully saturated rings. The first kappa shape index (κ1) is 25.1. The third kappa shape index (κ3) is 5.72. The number of nitrogens with one attached hydrogen (secondary N) is 1. The highest BCUT2D eigenvalue weighted by atomic mass is 32.2. The highest BCUT2D eigenvalue weighted by molar-refractivity contribution is 8.04. The summed E-state index contributed by atoms with van der Waals surface area (Å²) in [6, 6.07) is 16.8. The maximum atomic E-state index is 13.7.